The van der Waals surface area contributed by atoms with Crippen LogP contribution in [0.4, 0.5) is 25.1 Å². The Bertz CT molecular complexity index is 2940. The minimum atomic E-state index is -1.16. The van der Waals surface area contributed by atoms with E-state index in [9.17, 15) is 19.2 Å². The Morgan fingerprint density at radius 1 is 0.986 bits per heavy atom. The molecule has 3 atom stereocenters. The van der Waals surface area contributed by atoms with E-state index in [1.807, 2.05) is 54.4 Å². The van der Waals surface area contributed by atoms with Crippen molar-refractivity contribution in [3.8, 4) is 12.1 Å². The molecule has 0 aliphatic carbocycles. The second-order valence-corrected chi connectivity index (χ2v) is 20.8. The number of piperazine rings is 1. The van der Waals surface area contributed by atoms with E-state index in [1.165, 1.54) is 30.9 Å². The molecule has 2 saturated heterocycles. The number of hydrogen-bond acceptors (Lipinski definition) is 13. The number of hydroxylamine groups is 2. The summed E-state index contributed by atoms with van der Waals surface area (Å²) in [5, 5.41) is 20.0. The monoisotopic (exact) mass is 1030 g/mol. The minimum Gasteiger partial charge on any atom is -0.462 e. The van der Waals surface area contributed by atoms with Crippen molar-refractivity contribution >= 4 is 62.6 Å². The van der Waals surface area contributed by atoms with Gasteiger partial charge >= 0.3 is 12.0 Å². The lowest BCUT2D eigenvalue weighted by atomic mass is 10.00. The molecule has 0 N–H and O–H groups in total. The number of thioether (sulfide) groups is 1. The second-order valence-electron chi connectivity index (χ2n) is 19.1. The fourth-order valence-corrected chi connectivity index (χ4v) is 12.1. The van der Waals surface area contributed by atoms with Crippen LogP contribution < -0.4 is 14.5 Å². The third-order valence-corrected chi connectivity index (χ3v) is 16.1. The molecule has 0 saturated carbocycles. The molecule has 4 aliphatic heterocycles. The van der Waals surface area contributed by atoms with Gasteiger partial charge < -0.3 is 29.2 Å². The smallest absolute Gasteiger partial charge is 0.365 e. The molecule has 3 amide bonds. The Labute approximate surface area is 434 Å². The number of likely N-dealkylation sites (tertiary alicyclic amines) is 1. The van der Waals surface area contributed by atoms with Gasteiger partial charge in [-0.2, -0.15) is 25.3 Å². The number of ether oxygens (including phenoxy) is 1. The molecule has 4 aliphatic rings. The van der Waals surface area contributed by atoms with E-state index >= 15 is 4.39 Å². The fourth-order valence-electron chi connectivity index (χ4n) is 10.4. The number of benzene rings is 4. The number of hydrogen-bond donors (Lipinski definition) is 0. The number of amides is 3. The van der Waals surface area contributed by atoms with Crippen LogP contribution in [-0.4, -0.2) is 144 Å². The third kappa shape index (κ3) is 10.8. The largest absolute Gasteiger partial charge is 0.462 e. The van der Waals surface area contributed by atoms with Crippen LogP contribution in [0.25, 0.3) is 10.8 Å². The van der Waals surface area contributed by atoms with Crippen molar-refractivity contribution in [3.63, 3.8) is 0 Å². The van der Waals surface area contributed by atoms with Gasteiger partial charge in [-0.3, -0.25) is 9.63 Å². The van der Waals surface area contributed by atoms with Gasteiger partial charge in [0.2, 0.25) is 0 Å². The number of halogens is 3. The van der Waals surface area contributed by atoms with Crippen LogP contribution >= 0.6 is 23.4 Å². The summed E-state index contributed by atoms with van der Waals surface area (Å²) in [5.41, 5.74) is 3.99. The molecule has 5 heterocycles. The highest BCUT2D eigenvalue weighted by Gasteiger charge is 2.50. The first kappa shape index (κ1) is 51.5. The van der Waals surface area contributed by atoms with E-state index in [1.54, 1.807) is 4.90 Å². The molecule has 1 aromatic heterocycles. The molecule has 0 bridgehead atoms. The highest BCUT2D eigenvalue weighted by molar-refractivity contribution is 8.15. The molecule has 382 valence electrons. The first-order valence-electron chi connectivity index (χ1n) is 24.6. The van der Waals surface area contributed by atoms with Gasteiger partial charge in [0.15, 0.2) is 0 Å². The standard InChI is InChI=1S/C54H60ClF2N11O4S/c1-36(32-62(2)26-12-24-54(38-15-7-6-8-16-38)68(53(70)64(4)71-5)61-50(73-54)43-31-39(56)20-21-45(43)57)51(69)67-30-29-66(33-40(67)22-25-58)49-42-23-28-65(47-19-10-14-37-13-9-18-44(55)48(37)47)34-46(42)59-52(60-49)72-35-41-17-11-27-63(41)3/h6-10,13-16,18-21,31,40-41H,1,11-12,17,22-24,26-30,32-35H2,2-5H3/t40-,41-,54-/m0/s1. The van der Waals surface area contributed by atoms with Gasteiger partial charge in [-0.05, 0) is 101 Å². The lowest BCUT2D eigenvalue weighted by Gasteiger charge is -2.43. The Hall–Kier alpha value is -6.36. The fraction of sp³-hybridized carbons (Fsp3) is 0.407. The van der Waals surface area contributed by atoms with E-state index in [4.69, 9.17) is 31.1 Å². The van der Waals surface area contributed by atoms with Gasteiger partial charge in [0.1, 0.15) is 34.0 Å². The second kappa shape index (κ2) is 22.4. The molecular formula is C54H60ClF2N11O4S. The van der Waals surface area contributed by atoms with Gasteiger partial charge in [-0.25, -0.2) is 18.6 Å². The number of carbonyl (C=O) groups excluding carboxylic acids is 2. The predicted octanol–water partition coefficient (Wildman–Crippen LogP) is 8.67. The maximum Gasteiger partial charge on any atom is 0.365 e. The van der Waals surface area contributed by atoms with Gasteiger partial charge in [0.05, 0.1) is 42.9 Å². The summed E-state index contributed by atoms with van der Waals surface area (Å²) in [7, 11) is 6.83. The van der Waals surface area contributed by atoms with Gasteiger partial charge in [0.25, 0.3) is 5.91 Å². The van der Waals surface area contributed by atoms with Gasteiger partial charge in [-0.1, -0.05) is 84.5 Å². The summed E-state index contributed by atoms with van der Waals surface area (Å²) in [5.74, 6) is -0.766. The summed E-state index contributed by atoms with van der Waals surface area (Å²) in [6, 6.07) is 26.5. The summed E-state index contributed by atoms with van der Waals surface area (Å²) < 4.78 is 36.2. The number of aromatic nitrogens is 2. The molecule has 15 nitrogen and oxygen atoms in total. The van der Waals surface area contributed by atoms with Crippen LogP contribution in [0.2, 0.25) is 5.02 Å². The first-order valence-corrected chi connectivity index (χ1v) is 25.8. The quantitative estimate of drug-likeness (QED) is 0.0691. The van der Waals surface area contributed by atoms with Gasteiger partial charge in [-0.15, -0.1) is 0 Å². The van der Waals surface area contributed by atoms with Crippen LogP contribution in [0.3, 0.4) is 0 Å². The molecule has 0 radical (unpaired) electrons. The number of carbonyl (C=O) groups is 2. The Morgan fingerprint density at radius 3 is 2.53 bits per heavy atom. The summed E-state index contributed by atoms with van der Waals surface area (Å²) >= 11 is 7.98. The predicted molar refractivity (Wildman–Crippen MR) is 281 cm³/mol. The van der Waals surface area contributed by atoms with Crippen LogP contribution in [-0.2, 0) is 27.5 Å². The van der Waals surface area contributed by atoms with E-state index < -0.39 is 28.6 Å². The number of anilines is 2. The van der Waals surface area contributed by atoms with Crippen molar-refractivity contribution in [3.05, 3.63) is 136 Å². The molecular weight excluding hydrogens is 972 g/mol. The third-order valence-electron chi connectivity index (χ3n) is 14.4. The minimum absolute atomic E-state index is 0.0590. The zero-order valence-corrected chi connectivity index (χ0v) is 43.2. The van der Waals surface area contributed by atoms with E-state index in [0.29, 0.717) is 81.7 Å². The SMILES string of the molecule is C=C(CN(C)CCC[C@@]1(c2ccccc2)SC(c2cc(F)ccc2F)=NN1C(=O)N(C)OC)C(=O)N1CCN(c2nc(OC[C@@H]3CCCN3C)nc3c2CCN(c2cccc4cccc(Cl)c24)C3)C[C@@H]1CC#N. The summed E-state index contributed by atoms with van der Waals surface area (Å²) in [6.45, 7) is 8.91. The van der Waals surface area contributed by atoms with Crippen molar-refractivity contribution in [2.24, 2.45) is 5.10 Å². The number of fused-ring (bicyclic) bond motifs is 2. The van der Waals surface area contributed by atoms with Crippen molar-refractivity contribution in [1.29, 1.82) is 5.26 Å². The molecule has 0 unspecified atom stereocenters. The lowest BCUT2D eigenvalue weighted by molar-refractivity contribution is -0.130. The topological polar surface area (TPSA) is 137 Å². The zero-order valence-electron chi connectivity index (χ0n) is 41.6. The summed E-state index contributed by atoms with van der Waals surface area (Å²) in [6.07, 6.45) is 3.79. The van der Waals surface area contributed by atoms with Crippen LogP contribution in [0.15, 0.2) is 102 Å². The number of urea groups is 1. The molecule has 4 aromatic carbocycles. The van der Waals surface area contributed by atoms with E-state index in [0.717, 1.165) is 81.7 Å². The van der Waals surface area contributed by atoms with Crippen LogP contribution in [0.1, 0.15) is 54.5 Å². The summed E-state index contributed by atoms with van der Waals surface area (Å²) in [4.78, 5) is 53.1. The van der Waals surface area contributed by atoms with Gasteiger partial charge in [0, 0.05) is 73.6 Å². The maximum atomic E-state index is 15.3. The van der Waals surface area contributed by atoms with E-state index in [2.05, 4.69) is 63.8 Å². The first-order chi connectivity index (χ1) is 35.3. The number of likely N-dealkylation sites (N-methyl/N-ethyl adjacent to an activating group) is 2. The average Bonchev–Trinajstić information content (AvgIpc) is 4.01. The number of rotatable bonds is 16. The normalized spacial score (nSPS) is 20.1. The van der Waals surface area contributed by atoms with Crippen molar-refractivity contribution in [2.45, 2.75) is 62.0 Å². The lowest BCUT2D eigenvalue weighted by Crippen LogP contribution is -2.56. The van der Waals surface area contributed by atoms with Crippen molar-refractivity contribution in [1.82, 2.24) is 34.7 Å². The molecule has 2 fully saturated rings. The number of nitriles is 1. The number of hydrazone groups is 1. The van der Waals surface area contributed by atoms with E-state index in [-0.39, 0.29) is 35.5 Å². The molecule has 73 heavy (non-hydrogen) atoms. The Morgan fingerprint density at radius 2 is 1.78 bits per heavy atom. The molecule has 9 rings (SSSR count). The average molecular weight is 1030 g/mol. The zero-order chi connectivity index (χ0) is 51.4. The Balaban J connectivity index is 0.896. The van der Waals surface area contributed by atoms with Crippen molar-refractivity contribution in [2.75, 3.05) is 90.5 Å². The number of nitrogens with zero attached hydrogens (tertiary/aromatic N) is 11. The molecule has 0 spiro atoms. The maximum absolute atomic E-state index is 15.3. The van der Waals surface area contributed by atoms with Crippen LogP contribution in [0.5, 0.6) is 6.01 Å². The molecule has 5 aromatic rings. The van der Waals surface area contributed by atoms with Crippen molar-refractivity contribution < 1.29 is 27.9 Å². The highest BCUT2D eigenvalue weighted by Crippen LogP contribution is 2.51. The molecule has 19 heteroatoms. The van der Waals surface area contributed by atoms with Crippen LogP contribution in [0, 0.1) is 23.0 Å². The Kier molecular flexibility index (Phi) is 15.8. The highest BCUT2D eigenvalue weighted by atomic mass is 35.5.